The second-order valence-electron chi connectivity index (χ2n) is 6.97. The van der Waals surface area contributed by atoms with Crippen LogP contribution in [-0.2, 0) is 0 Å². The van der Waals surface area contributed by atoms with Crippen LogP contribution in [0.5, 0.6) is 0 Å². The first-order valence-electron chi connectivity index (χ1n) is 7.41. The highest BCUT2D eigenvalue weighted by atomic mass is 32.2. The first kappa shape index (κ1) is 14.2. The zero-order valence-electron chi connectivity index (χ0n) is 12.4. The summed E-state index contributed by atoms with van der Waals surface area (Å²) in [4.78, 5) is 4.97. The molecule has 0 amide bonds. The topological polar surface area (TPSA) is 24.4 Å². The standard InChI is InChI=1S/C15H28N2S/c1-5-15(4)10-11-18-13(17-15)16-12-6-8-14(2,3)9-7-12/h12H,5-11H2,1-4H3,(H,16,17). The van der Waals surface area contributed by atoms with Crippen LogP contribution in [0.25, 0.3) is 0 Å². The van der Waals surface area contributed by atoms with E-state index in [-0.39, 0.29) is 5.54 Å². The summed E-state index contributed by atoms with van der Waals surface area (Å²) in [5.74, 6) is 1.22. The number of rotatable bonds is 2. The highest BCUT2D eigenvalue weighted by molar-refractivity contribution is 8.13. The number of amidine groups is 1. The maximum atomic E-state index is 4.97. The van der Waals surface area contributed by atoms with Gasteiger partial charge in [-0.15, -0.1) is 0 Å². The summed E-state index contributed by atoms with van der Waals surface area (Å²) in [5.41, 5.74) is 0.819. The first-order valence-corrected chi connectivity index (χ1v) is 8.40. The number of hydrogen-bond donors (Lipinski definition) is 1. The Bertz CT molecular complexity index is 314. The molecule has 0 bridgehead atoms. The lowest BCUT2D eigenvalue weighted by Gasteiger charge is -2.37. The lowest BCUT2D eigenvalue weighted by atomic mass is 9.76. The van der Waals surface area contributed by atoms with Crippen molar-refractivity contribution in [3.63, 3.8) is 0 Å². The fraction of sp³-hybridized carbons (Fsp3) is 0.933. The third kappa shape index (κ3) is 3.66. The fourth-order valence-electron chi connectivity index (χ4n) is 2.74. The summed E-state index contributed by atoms with van der Waals surface area (Å²) in [6.45, 7) is 9.37. The van der Waals surface area contributed by atoms with Crippen molar-refractivity contribution < 1.29 is 0 Å². The summed E-state index contributed by atoms with van der Waals surface area (Å²) in [7, 11) is 0. The van der Waals surface area contributed by atoms with Gasteiger partial charge in [0.05, 0.1) is 6.04 Å². The SMILES string of the molecule is CCC1(C)CCSC(=NC2CCC(C)(C)CC2)N1. The Morgan fingerprint density at radius 3 is 2.50 bits per heavy atom. The molecular formula is C15H28N2S. The fourth-order valence-corrected chi connectivity index (χ4v) is 4.03. The van der Waals surface area contributed by atoms with Crippen molar-refractivity contribution in [1.29, 1.82) is 0 Å². The molecule has 3 heteroatoms. The molecule has 1 aliphatic carbocycles. The van der Waals surface area contributed by atoms with Crippen LogP contribution in [0.15, 0.2) is 4.99 Å². The van der Waals surface area contributed by atoms with Gasteiger partial charge in [0.15, 0.2) is 5.17 Å². The van der Waals surface area contributed by atoms with E-state index >= 15 is 0 Å². The van der Waals surface area contributed by atoms with E-state index in [1.165, 1.54) is 49.4 Å². The molecule has 1 unspecified atom stereocenters. The summed E-state index contributed by atoms with van der Waals surface area (Å²) in [5, 5.41) is 4.86. The van der Waals surface area contributed by atoms with Crippen molar-refractivity contribution in [1.82, 2.24) is 5.32 Å². The second kappa shape index (κ2) is 5.44. The van der Waals surface area contributed by atoms with Crippen molar-refractivity contribution in [3.05, 3.63) is 0 Å². The van der Waals surface area contributed by atoms with Crippen LogP contribution in [0.3, 0.4) is 0 Å². The van der Waals surface area contributed by atoms with Gasteiger partial charge in [-0.05, 0) is 50.9 Å². The third-order valence-electron chi connectivity index (χ3n) is 4.69. The Balaban J connectivity index is 1.93. The third-order valence-corrected chi connectivity index (χ3v) is 5.58. The Hall–Kier alpha value is -0.180. The molecule has 0 aromatic carbocycles. The molecule has 1 N–H and O–H groups in total. The lowest BCUT2D eigenvalue weighted by Crippen LogP contribution is -2.48. The predicted octanol–water partition coefficient (Wildman–Crippen LogP) is 4.21. The van der Waals surface area contributed by atoms with Gasteiger partial charge in [0.2, 0.25) is 0 Å². The number of thioether (sulfide) groups is 1. The summed E-state index contributed by atoms with van der Waals surface area (Å²) < 4.78 is 0. The van der Waals surface area contributed by atoms with E-state index < -0.39 is 0 Å². The van der Waals surface area contributed by atoms with E-state index in [0.717, 1.165) is 0 Å². The van der Waals surface area contributed by atoms with Crippen LogP contribution >= 0.6 is 11.8 Å². The van der Waals surface area contributed by atoms with Crippen LogP contribution in [0.1, 0.15) is 66.2 Å². The van der Waals surface area contributed by atoms with Gasteiger partial charge in [-0.2, -0.15) is 0 Å². The molecular weight excluding hydrogens is 240 g/mol. The maximum Gasteiger partial charge on any atom is 0.157 e. The van der Waals surface area contributed by atoms with E-state index in [4.69, 9.17) is 4.99 Å². The van der Waals surface area contributed by atoms with Crippen molar-refractivity contribution >= 4 is 16.9 Å². The van der Waals surface area contributed by atoms with Crippen LogP contribution in [0.2, 0.25) is 0 Å². The molecule has 2 nitrogen and oxygen atoms in total. The van der Waals surface area contributed by atoms with Gasteiger partial charge in [-0.3, -0.25) is 4.99 Å². The smallest absolute Gasteiger partial charge is 0.157 e. The molecule has 0 radical (unpaired) electrons. The number of nitrogens with one attached hydrogen (secondary N) is 1. The van der Waals surface area contributed by atoms with Gasteiger partial charge in [0, 0.05) is 11.3 Å². The molecule has 0 spiro atoms. The maximum absolute atomic E-state index is 4.97. The lowest BCUT2D eigenvalue weighted by molar-refractivity contribution is 0.226. The Labute approximate surface area is 116 Å². The van der Waals surface area contributed by atoms with Crippen LogP contribution in [-0.4, -0.2) is 22.5 Å². The van der Waals surface area contributed by atoms with Crippen molar-refractivity contribution in [2.75, 3.05) is 5.75 Å². The van der Waals surface area contributed by atoms with Crippen molar-refractivity contribution in [2.24, 2.45) is 10.4 Å². The Morgan fingerprint density at radius 2 is 1.89 bits per heavy atom. The van der Waals surface area contributed by atoms with E-state index in [1.807, 2.05) is 11.8 Å². The van der Waals surface area contributed by atoms with Gasteiger partial charge < -0.3 is 5.32 Å². The van der Waals surface area contributed by atoms with Crippen LogP contribution < -0.4 is 5.32 Å². The molecule has 1 aliphatic heterocycles. The quantitative estimate of drug-likeness (QED) is 0.811. The minimum Gasteiger partial charge on any atom is -0.360 e. The van der Waals surface area contributed by atoms with E-state index in [9.17, 15) is 0 Å². The van der Waals surface area contributed by atoms with E-state index in [2.05, 4.69) is 33.0 Å². The molecule has 18 heavy (non-hydrogen) atoms. The molecule has 2 aliphatic rings. The van der Waals surface area contributed by atoms with Crippen LogP contribution in [0, 0.1) is 5.41 Å². The monoisotopic (exact) mass is 268 g/mol. The van der Waals surface area contributed by atoms with Gasteiger partial charge in [-0.1, -0.05) is 32.5 Å². The normalized spacial score (nSPS) is 35.4. The highest BCUT2D eigenvalue weighted by Crippen LogP contribution is 2.36. The molecule has 0 aromatic rings. The number of aliphatic imine (C=N–C) groups is 1. The Morgan fingerprint density at radius 1 is 1.22 bits per heavy atom. The summed E-state index contributed by atoms with van der Waals surface area (Å²) in [6, 6.07) is 0.562. The molecule has 0 aromatic heterocycles. The molecule has 1 saturated heterocycles. The molecule has 104 valence electrons. The van der Waals surface area contributed by atoms with Crippen LogP contribution in [0.4, 0.5) is 0 Å². The molecule has 1 heterocycles. The minimum absolute atomic E-state index is 0.276. The zero-order valence-corrected chi connectivity index (χ0v) is 13.2. The highest BCUT2D eigenvalue weighted by Gasteiger charge is 2.30. The van der Waals surface area contributed by atoms with Crippen molar-refractivity contribution in [2.45, 2.75) is 77.8 Å². The average Bonchev–Trinajstić information content (AvgIpc) is 2.32. The minimum atomic E-state index is 0.276. The van der Waals surface area contributed by atoms with Gasteiger partial charge in [-0.25, -0.2) is 0 Å². The summed E-state index contributed by atoms with van der Waals surface area (Å²) in [6.07, 6.45) is 7.62. The van der Waals surface area contributed by atoms with E-state index in [1.54, 1.807) is 0 Å². The van der Waals surface area contributed by atoms with Gasteiger partial charge >= 0.3 is 0 Å². The summed E-state index contributed by atoms with van der Waals surface area (Å²) >= 11 is 1.91. The first-order chi connectivity index (χ1) is 8.42. The molecule has 2 rings (SSSR count). The average molecular weight is 268 g/mol. The number of nitrogens with zero attached hydrogens (tertiary/aromatic N) is 1. The largest absolute Gasteiger partial charge is 0.360 e. The van der Waals surface area contributed by atoms with Gasteiger partial charge in [0.25, 0.3) is 0 Å². The molecule has 1 saturated carbocycles. The molecule has 1 atom stereocenters. The van der Waals surface area contributed by atoms with E-state index in [0.29, 0.717) is 11.5 Å². The zero-order chi connectivity index (χ0) is 13.2. The van der Waals surface area contributed by atoms with Gasteiger partial charge in [0.1, 0.15) is 0 Å². The number of hydrogen-bond acceptors (Lipinski definition) is 2. The Kier molecular flexibility index (Phi) is 4.30. The van der Waals surface area contributed by atoms with Crippen molar-refractivity contribution in [3.8, 4) is 0 Å². The second-order valence-corrected chi connectivity index (χ2v) is 8.05. The predicted molar refractivity (Wildman–Crippen MR) is 82.4 cm³/mol. The molecule has 2 fully saturated rings.